The highest BCUT2D eigenvalue weighted by molar-refractivity contribution is 5.24. The van der Waals surface area contributed by atoms with Crippen LogP contribution in [0.3, 0.4) is 0 Å². The Morgan fingerprint density at radius 1 is 1.44 bits per heavy atom. The first-order valence-corrected chi connectivity index (χ1v) is 6.28. The van der Waals surface area contributed by atoms with E-state index in [0.29, 0.717) is 18.3 Å². The monoisotopic (exact) mass is 258 g/mol. The molecule has 0 aromatic carbocycles. The summed E-state index contributed by atoms with van der Waals surface area (Å²) in [6, 6.07) is 0. The molecule has 1 aliphatic carbocycles. The van der Waals surface area contributed by atoms with E-state index in [-0.39, 0.29) is 24.9 Å². The molecule has 1 atom stereocenters. The number of nitrogens with one attached hydrogen (secondary N) is 2. The Labute approximate surface area is 103 Å². The van der Waals surface area contributed by atoms with Gasteiger partial charge in [0.25, 0.3) is 0 Å². The smallest absolute Gasteiger partial charge is 0.249 e. The molecule has 18 heavy (non-hydrogen) atoms. The fraction of sp³-hybridized carbons (Fsp3) is 0.818. The van der Waals surface area contributed by atoms with E-state index in [0.717, 1.165) is 19.4 Å². The average molecular weight is 258 g/mol. The van der Waals surface area contributed by atoms with Gasteiger partial charge in [-0.25, -0.2) is 8.78 Å². The summed E-state index contributed by atoms with van der Waals surface area (Å²) < 4.78 is 30.9. The molecule has 1 saturated carbocycles. The van der Waals surface area contributed by atoms with Gasteiger partial charge in [0, 0.05) is 31.9 Å². The highest BCUT2D eigenvalue weighted by atomic mass is 19.3. The van der Waals surface area contributed by atoms with Crippen molar-refractivity contribution in [3.05, 3.63) is 5.82 Å². The van der Waals surface area contributed by atoms with Gasteiger partial charge in [0.1, 0.15) is 5.82 Å². The molecule has 1 unspecified atom stereocenters. The zero-order chi connectivity index (χ0) is 12.6. The van der Waals surface area contributed by atoms with Crippen molar-refractivity contribution in [2.24, 2.45) is 0 Å². The van der Waals surface area contributed by atoms with E-state index < -0.39 is 5.92 Å². The van der Waals surface area contributed by atoms with Crippen LogP contribution in [-0.2, 0) is 4.74 Å². The molecule has 0 spiro atoms. The molecule has 1 saturated heterocycles. The highest BCUT2D eigenvalue weighted by Gasteiger charge is 2.47. The summed E-state index contributed by atoms with van der Waals surface area (Å²) in [5.74, 6) is -1.69. The minimum absolute atomic E-state index is 0.132. The molecule has 5 nitrogen and oxygen atoms in total. The number of anilines is 1. The number of hydrogen-bond donors (Lipinski definition) is 2. The van der Waals surface area contributed by atoms with E-state index in [4.69, 9.17) is 4.74 Å². The van der Waals surface area contributed by atoms with Gasteiger partial charge in [-0.15, -0.1) is 5.10 Å². The van der Waals surface area contributed by atoms with Gasteiger partial charge in [0.15, 0.2) is 0 Å². The molecule has 0 radical (unpaired) electrons. The van der Waals surface area contributed by atoms with Gasteiger partial charge >= 0.3 is 0 Å². The van der Waals surface area contributed by atoms with E-state index in [2.05, 4.69) is 20.5 Å². The molecule has 2 aliphatic rings. The Morgan fingerprint density at radius 3 is 2.94 bits per heavy atom. The summed E-state index contributed by atoms with van der Waals surface area (Å²) in [4.78, 5) is 4.19. The number of aromatic nitrogens is 3. The fourth-order valence-electron chi connectivity index (χ4n) is 2.40. The SMILES string of the molecule is FC1(F)CC(c2nc(NCC3CCCO3)n[nH]2)C1. The molecule has 2 fully saturated rings. The number of ether oxygens (including phenoxy) is 1. The minimum atomic E-state index is -2.53. The lowest BCUT2D eigenvalue weighted by atomic mass is 9.81. The quantitative estimate of drug-likeness (QED) is 0.866. The van der Waals surface area contributed by atoms with Crippen molar-refractivity contribution < 1.29 is 13.5 Å². The van der Waals surface area contributed by atoms with Crippen LogP contribution in [0.2, 0.25) is 0 Å². The Hall–Kier alpha value is -1.24. The summed E-state index contributed by atoms with van der Waals surface area (Å²) in [5, 5.41) is 9.77. The summed E-state index contributed by atoms with van der Waals surface area (Å²) in [7, 11) is 0. The zero-order valence-electron chi connectivity index (χ0n) is 9.96. The second-order valence-corrected chi connectivity index (χ2v) is 5.02. The van der Waals surface area contributed by atoms with Crippen molar-refractivity contribution in [3.8, 4) is 0 Å². The van der Waals surface area contributed by atoms with Gasteiger partial charge in [-0.2, -0.15) is 4.98 Å². The van der Waals surface area contributed by atoms with Crippen molar-refractivity contribution in [1.82, 2.24) is 15.2 Å². The molecule has 2 N–H and O–H groups in total. The lowest BCUT2D eigenvalue weighted by Crippen LogP contribution is -2.34. The average Bonchev–Trinajstić information content (AvgIpc) is 2.94. The molecule has 3 rings (SSSR count). The summed E-state index contributed by atoms with van der Waals surface area (Å²) in [5.41, 5.74) is 0. The maximum Gasteiger partial charge on any atom is 0.249 e. The van der Waals surface area contributed by atoms with Crippen LogP contribution in [0.1, 0.15) is 37.4 Å². The fourth-order valence-corrected chi connectivity index (χ4v) is 2.40. The van der Waals surface area contributed by atoms with Gasteiger partial charge in [-0.3, -0.25) is 5.10 Å². The molecule has 100 valence electrons. The zero-order valence-corrected chi connectivity index (χ0v) is 9.96. The molecule has 0 amide bonds. The van der Waals surface area contributed by atoms with E-state index in [1.807, 2.05) is 0 Å². The van der Waals surface area contributed by atoms with Crippen LogP contribution in [0.25, 0.3) is 0 Å². The molecule has 1 aromatic heterocycles. The summed E-state index contributed by atoms with van der Waals surface area (Å²) >= 11 is 0. The molecule has 2 heterocycles. The third-order valence-electron chi connectivity index (χ3n) is 3.49. The minimum Gasteiger partial charge on any atom is -0.376 e. The van der Waals surface area contributed by atoms with Gasteiger partial charge in [0.2, 0.25) is 11.9 Å². The molecule has 0 bridgehead atoms. The number of hydrogen-bond acceptors (Lipinski definition) is 4. The van der Waals surface area contributed by atoms with E-state index in [9.17, 15) is 8.78 Å². The van der Waals surface area contributed by atoms with Crippen LogP contribution >= 0.6 is 0 Å². The molecular formula is C11H16F2N4O. The summed E-state index contributed by atoms with van der Waals surface area (Å²) in [6.07, 6.45) is 2.07. The van der Waals surface area contributed by atoms with Crippen LogP contribution in [0, 0.1) is 0 Å². The first kappa shape index (κ1) is 11.8. The topological polar surface area (TPSA) is 62.8 Å². The first-order valence-electron chi connectivity index (χ1n) is 6.28. The maximum atomic E-state index is 12.7. The lowest BCUT2D eigenvalue weighted by molar-refractivity contribution is -0.0884. The Morgan fingerprint density at radius 2 is 2.28 bits per heavy atom. The van der Waals surface area contributed by atoms with Crippen molar-refractivity contribution >= 4 is 5.95 Å². The van der Waals surface area contributed by atoms with Crippen molar-refractivity contribution in [2.45, 2.75) is 43.6 Å². The number of aromatic amines is 1. The number of alkyl halides is 2. The normalized spacial score (nSPS) is 27.1. The molecular weight excluding hydrogens is 242 g/mol. The van der Waals surface area contributed by atoms with Crippen LogP contribution in [0.5, 0.6) is 0 Å². The van der Waals surface area contributed by atoms with Gasteiger partial charge in [-0.05, 0) is 12.8 Å². The van der Waals surface area contributed by atoms with Crippen LogP contribution in [0.4, 0.5) is 14.7 Å². The number of halogens is 2. The number of rotatable bonds is 4. The number of H-pyrrole nitrogens is 1. The van der Waals surface area contributed by atoms with Gasteiger partial charge < -0.3 is 10.1 Å². The third kappa shape index (κ3) is 2.45. The summed E-state index contributed by atoms with van der Waals surface area (Å²) in [6.45, 7) is 1.47. The van der Waals surface area contributed by atoms with Crippen LogP contribution < -0.4 is 5.32 Å². The maximum absolute atomic E-state index is 12.7. The van der Waals surface area contributed by atoms with Crippen LogP contribution in [-0.4, -0.2) is 40.4 Å². The molecule has 1 aromatic rings. The predicted molar refractivity (Wildman–Crippen MR) is 60.8 cm³/mol. The second kappa shape index (κ2) is 4.46. The standard InChI is InChI=1S/C11H16F2N4O/c12-11(13)4-7(5-11)9-15-10(17-16-9)14-6-8-2-1-3-18-8/h7-8H,1-6H2,(H2,14,15,16,17). The Balaban J connectivity index is 1.50. The van der Waals surface area contributed by atoms with Crippen molar-refractivity contribution in [3.63, 3.8) is 0 Å². The van der Waals surface area contributed by atoms with Crippen molar-refractivity contribution in [2.75, 3.05) is 18.5 Å². The van der Waals surface area contributed by atoms with Crippen LogP contribution in [0.15, 0.2) is 0 Å². The first-order chi connectivity index (χ1) is 8.62. The molecule has 1 aliphatic heterocycles. The Bertz CT molecular complexity index is 409. The van der Waals surface area contributed by atoms with Gasteiger partial charge in [0.05, 0.1) is 6.10 Å². The largest absolute Gasteiger partial charge is 0.376 e. The Kier molecular flexibility index (Phi) is 2.93. The number of nitrogens with zero attached hydrogens (tertiary/aromatic N) is 2. The highest BCUT2D eigenvalue weighted by Crippen LogP contribution is 2.47. The van der Waals surface area contributed by atoms with E-state index in [1.165, 1.54) is 0 Å². The van der Waals surface area contributed by atoms with E-state index in [1.54, 1.807) is 0 Å². The van der Waals surface area contributed by atoms with Crippen molar-refractivity contribution in [1.29, 1.82) is 0 Å². The lowest BCUT2D eigenvalue weighted by Gasteiger charge is -2.33. The third-order valence-corrected chi connectivity index (χ3v) is 3.49. The van der Waals surface area contributed by atoms with E-state index >= 15 is 0 Å². The van der Waals surface area contributed by atoms with Gasteiger partial charge in [-0.1, -0.05) is 0 Å². The molecule has 7 heteroatoms. The second-order valence-electron chi connectivity index (χ2n) is 5.02. The predicted octanol–water partition coefficient (Wildman–Crippen LogP) is 1.91.